The molecule has 2 rings (SSSR count). The second-order valence-corrected chi connectivity index (χ2v) is 5.48. The molecule has 0 aromatic carbocycles. The van der Waals surface area contributed by atoms with Crippen molar-refractivity contribution in [3.05, 3.63) is 0 Å². The smallest absolute Gasteiger partial charge is 0.222 e. The SMILES string of the molecule is O=C(CCC1CCCCN1)N1CCCCCC1. The van der Waals surface area contributed by atoms with Gasteiger partial charge in [-0.2, -0.15) is 0 Å². The number of nitrogens with zero attached hydrogens (tertiary/aromatic N) is 1. The van der Waals surface area contributed by atoms with Crippen molar-refractivity contribution in [3.8, 4) is 0 Å². The Labute approximate surface area is 105 Å². The molecule has 3 nitrogen and oxygen atoms in total. The topological polar surface area (TPSA) is 32.3 Å². The molecule has 0 saturated carbocycles. The molecule has 17 heavy (non-hydrogen) atoms. The number of likely N-dealkylation sites (tertiary alicyclic amines) is 1. The summed E-state index contributed by atoms with van der Waals surface area (Å²) in [6, 6.07) is 0.597. The van der Waals surface area contributed by atoms with Gasteiger partial charge in [-0.3, -0.25) is 4.79 Å². The second-order valence-electron chi connectivity index (χ2n) is 5.48. The molecule has 0 aromatic heterocycles. The van der Waals surface area contributed by atoms with Gasteiger partial charge in [-0.25, -0.2) is 0 Å². The Kier molecular flexibility index (Phi) is 5.30. The molecule has 2 aliphatic rings. The molecular weight excluding hydrogens is 212 g/mol. The highest BCUT2D eigenvalue weighted by Gasteiger charge is 2.18. The van der Waals surface area contributed by atoms with Crippen LogP contribution in [0.4, 0.5) is 0 Å². The lowest BCUT2D eigenvalue weighted by molar-refractivity contribution is -0.131. The van der Waals surface area contributed by atoms with Crippen LogP contribution >= 0.6 is 0 Å². The van der Waals surface area contributed by atoms with Crippen molar-refractivity contribution >= 4 is 5.91 Å². The zero-order valence-electron chi connectivity index (χ0n) is 10.9. The highest BCUT2D eigenvalue weighted by Crippen LogP contribution is 2.15. The quantitative estimate of drug-likeness (QED) is 0.818. The first-order valence-electron chi connectivity index (χ1n) is 7.37. The average molecular weight is 238 g/mol. The van der Waals surface area contributed by atoms with Gasteiger partial charge < -0.3 is 10.2 Å². The van der Waals surface area contributed by atoms with Gasteiger partial charge in [-0.1, -0.05) is 19.3 Å². The maximum atomic E-state index is 12.1. The van der Waals surface area contributed by atoms with Crippen molar-refractivity contribution in [3.63, 3.8) is 0 Å². The molecule has 1 N–H and O–H groups in total. The van der Waals surface area contributed by atoms with Crippen LogP contribution in [0.3, 0.4) is 0 Å². The Morgan fingerprint density at radius 1 is 1.06 bits per heavy atom. The molecule has 1 amide bonds. The number of amides is 1. The van der Waals surface area contributed by atoms with E-state index in [0.29, 0.717) is 11.9 Å². The Hall–Kier alpha value is -0.570. The zero-order chi connectivity index (χ0) is 11.9. The van der Waals surface area contributed by atoms with Crippen molar-refractivity contribution in [1.82, 2.24) is 10.2 Å². The number of carbonyl (C=O) groups is 1. The number of hydrogen-bond acceptors (Lipinski definition) is 2. The van der Waals surface area contributed by atoms with Crippen molar-refractivity contribution < 1.29 is 4.79 Å². The van der Waals surface area contributed by atoms with Crippen molar-refractivity contribution in [1.29, 1.82) is 0 Å². The van der Waals surface area contributed by atoms with Gasteiger partial charge in [0.1, 0.15) is 0 Å². The third kappa shape index (κ3) is 4.30. The molecule has 0 aromatic rings. The lowest BCUT2D eigenvalue weighted by atomic mass is 10.0. The monoisotopic (exact) mass is 238 g/mol. The Morgan fingerprint density at radius 3 is 2.47 bits per heavy atom. The molecule has 0 bridgehead atoms. The van der Waals surface area contributed by atoms with Crippen LogP contribution in [0.15, 0.2) is 0 Å². The van der Waals surface area contributed by atoms with Crippen molar-refractivity contribution in [2.24, 2.45) is 0 Å². The van der Waals surface area contributed by atoms with Gasteiger partial charge >= 0.3 is 0 Å². The fourth-order valence-electron chi connectivity index (χ4n) is 2.95. The molecule has 0 radical (unpaired) electrons. The van der Waals surface area contributed by atoms with E-state index in [1.54, 1.807) is 0 Å². The summed E-state index contributed by atoms with van der Waals surface area (Å²) in [5.41, 5.74) is 0. The minimum absolute atomic E-state index is 0.388. The Balaban J connectivity index is 1.68. The molecular formula is C14H26N2O. The van der Waals surface area contributed by atoms with Crippen LogP contribution in [0.2, 0.25) is 0 Å². The first kappa shape index (κ1) is 12.9. The van der Waals surface area contributed by atoms with E-state index in [2.05, 4.69) is 10.2 Å². The van der Waals surface area contributed by atoms with Gasteiger partial charge in [-0.05, 0) is 38.6 Å². The third-order valence-corrected chi connectivity index (χ3v) is 4.08. The number of hydrogen-bond donors (Lipinski definition) is 1. The van der Waals surface area contributed by atoms with Crippen LogP contribution in [-0.2, 0) is 4.79 Å². The van der Waals surface area contributed by atoms with E-state index in [0.717, 1.165) is 32.5 Å². The summed E-state index contributed by atoms with van der Waals surface area (Å²) in [5, 5.41) is 3.52. The molecule has 2 heterocycles. The summed E-state index contributed by atoms with van der Waals surface area (Å²) in [6.07, 6.45) is 10.7. The van der Waals surface area contributed by atoms with E-state index in [-0.39, 0.29) is 0 Å². The largest absolute Gasteiger partial charge is 0.343 e. The summed E-state index contributed by atoms with van der Waals surface area (Å²) < 4.78 is 0. The molecule has 98 valence electrons. The lowest BCUT2D eigenvalue weighted by Gasteiger charge is -2.25. The van der Waals surface area contributed by atoms with E-state index in [4.69, 9.17) is 0 Å². The molecule has 0 aliphatic carbocycles. The van der Waals surface area contributed by atoms with Crippen LogP contribution in [0, 0.1) is 0 Å². The number of piperidine rings is 1. The molecule has 2 fully saturated rings. The minimum atomic E-state index is 0.388. The van der Waals surface area contributed by atoms with E-state index in [1.165, 1.54) is 44.9 Å². The van der Waals surface area contributed by atoms with Crippen molar-refractivity contribution in [2.45, 2.75) is 63.8 Å². The normalized spacial score (nSPS) is 26.6. The van der Waals surface area contributed by atoms with Crippen LogP contribution in [0.5, 0.6) is 0 Å². The van der Waals surface area contributed by atoms with E-state index in [9.17, 15) is 4.79 Å². The molecule has 1 unspecified atom stereocenters. The predicted octanol–water partition coefficient (Wildman–Crippen LogP) is 2.31. The maximum absolute atomic E-state index is 12.1. The van der Waals surface area contributed by atoms with Crippen LogP contribution in [0.1, 0.15) is 57.8 Å². The maximum Gasteiger partial charge on any atom is 0.222 e. The van der Waals surface area contributed by atoms with Crippen LogP contribution < -0.4 is 5.32 Å². The highest BCUT2D eigenvalue weighted by molar-refractivity contribution is 5.76. The van der Waals surface area contributed by atoms with Gasteiger partial charge in [0, 0.05) is 25.6 Å². The fraction of sp³-hybridized carbons (Fsp3) is 0.929. The molecule has 2 aliphatic heterocycles. The summed E-state index contributed by atoms with van der Waals surface area (Å²) in [6.45, 7) is 3.14. The van der Waals surface area contributed by atoms with E-state index >= 15 is 0 Å². The molecule has 3 heteroatoms. The summed E-state index contributed by atoms with van der Waals surface area (Å²) >= 11 is 0. The molecule has 2 saturated heterocycles. The first-order valence-corrected chi connectivity index (χ1v) is 7.37. The fourth-order valence-corrected chi connectivity index (χ4v) is 2.95. The lowest BCUT2D eigenvalue weighted by Crippen LogP contribution is -2.37. The number of rotatable bonds is 3. The summed E-state index contributed by atoms with van der Waals surface area (Å²) in [7, 11) is 0. The van der Waals surface area contributed by atoms with Gasteiger partial charge in [0.05, 0.1) is 0 Å². The van der Waals surface area contributed by atoms with Crippen molar-refractivity contribution in [2.75, 3.05) is 19.6 Å². The van der Waals surface area contributed by atoms with Gasteiger partial charge in [-0.15, -0.1) is 0 Å². The van der Waals surface area contributed by atoms with Crippen LogP contribution in [-0.4, -0.2) is 36.5 Å². The standard InChI is InChI=1S/C14H26N2O/c17-14(16-11-5-1-2-6-12-16)9-8-13-7-3-4-10-15-13/h13,15H,1-12H2. The van der Waals surface area contributed by atoms with Gasteiger partial charge in [0.25, 0.3) is 0 Å². The predicted molar refractivity (Wildman–Crippen MR) is 69.9 cm³/mol. The Morgan fingerprint density at radius 2 is 1.82 bits per heavy atom. The first-order chi connectivity index (χ1) is 8.36. The average Bonchev–Trinajstić information content (AvgIpc) is 2.66. The molecule has 1 atom stereocenters. The van der Waals surface area contributed by atoms with Gasteiger partial charge in [0.15, 0.2) is 0 Å². The summed E-state index contributed by atoms with van der Waals surface area (Å²) in [4.78, 5) is 14.2. The van der Waals surface area contributed by atoms with Gasteiger partial charge in [0.2, 0.25) is 5.91 Å². The minimum Gasteiger partial charge on any atom is -0.343 e. The second kappa shape index (κ2) is 7.00. The molecule has 0 spiro atoms. The number of carbonyl (C=O) groups excluding carboxylic acids is 1. The third-order valence-electron chi connectivity index (χ3n) is 4.08. The van der Waals surface area contributed by atoms with E-state index in [1.807, 2.05) is 0 Å². The zero-order valence-corrected chi connectivity index (χ0v) is 10.9. The van der Waals surface area contributed by atoms with Crippen LogP contribution in [0.25, 0.3) is 0 Å². The highest BCUT2D eigenvalue weighted by atomic mass is 16.2. The number of nitrogens with one attached hydrogen (secondary N) is 1. The Bertz CT molecular complexity index is 228. The summed E-state index contributed by atoms with van der Waals surface area (Å²) in [5.74, 6) is 0.388. The van der Waals surface area contributed by atoms with E-state index < -0.39 is 0 Å².